The fourth-order valence-corrected chi connectivity index (χ4v) is 5.88. The zero-order valence-electron chi connectivity index (χ0n) is 29.8. The van der Waals surface area contributed by atoms with E-state index in [-0.39, 0.29) is 49.3 Å². The number of benzene rings is 1. The Morgan fingerprint density at radius 2 is 1.56 bits per heavy atom. The van der Waals surface area contributed by atoms with Gasteiger partial charge in [0.25, 0.3) is 0 Å². The number of hydrogen-bond donors (Lipinski definition) is 6. The predicted molar refractivity (Wildman–Crippen MR) is 189 cm³/mol. The zero-order valence-corrected chi connectivity index (χ0v) is 29.8. The van der Waals surface area contributed by atoms with Crippen molar-refractivity contribution in [2.45, 2.75) is 122 Å². The first-order chi connectivity index (χ1) is 23.9. The first-order valence-electron chi connectivity index (χ1n) is 17.9. The molecule has 1 aliphatic carbocycles. The van der Waals surface area contributed by atoms with E-state index in [9.17, 15) is 29.1 Å². The molecular weight excluding hydrogens is 638 g/mol. The summed E-state index contributed by atoms with van der Waals surface area (Å²) in [6.45, 7) is 7.64. The molecule has 6 N–H and O–H groups in total. The van der Waals surface area contributed by atoms with E-state index >= 15 is 0 Å². The summed E-state index contributed by atoms with van der Waals surface area (Å²) in [5, 5.41) is 31.8. The van der Waals surface area contributed by atoms with Crippen molar-refractivity contribution in [3.05, 3.63) is 66.0 Å². The van der Waals surface area contributed by atoms with Crippen molar-refractivity contribution in [3.63, 3.8) is 0 Å². The van der Waals surface area contributed by atoms with Crippen molar-refractivity contribution in [1.29, 1.82) is 0 Å². The highest BCUT2D eigenvalue weighted by Gasteiger charge is 2.35. The number of amides is 4. The lowest BCUT2D eigenvalue weighted by Crippen LogP contribution is -2.57. The number of pyridine rings is 1. The summed E-state index contributed by atoms with van der Waals surface area (Å²) < 4.78 is 0. The topological polar surface area (TPSA) is 187 Å². The van der Waals surface area contributed by atoms with Crippen LogP contribution in [0, 0.1) is 17.8 Å². The van der Waals surface area contributed by atoms with Gasteiger partial charge in [-0.1, -0.05) is 83.4 Å². The summed E-state index contributed by atoms with van der Waals surface area (Å²) in [5.41, 5.74) is 1.71. The van der Waals surface area contributed by atoms with Crippen LogP contribution in [0.4, 0.5) is 0 Å². The molecule has 0 aliphatic heterocycles. The van der Waals surface area contributed by atoms with E-state index in [2.05, 4.69) is 26.3 Å². The van der Waals surface area contributed by atoms with Gasteiger partial charge < -0.3 is 31.5 Å². The van der Waals surface area contributed by atoms with Gasteiger partial charge in [0.2, 0.25) is 23.6 Å². The summed E-state index contributed by atoms with van der Waals surface area (Å²) in [7, 11) is 0. The van der Waals surface area contributed by atoms with Crippen LogP contribution in [0.15, 0.2) is 54.7 Å². The quantitative estimate of drug-likeness (QED) is 0.107. The van der Waals surface area contributed by atoms with Crippen LogP contribution < -0.4 is 21.3 Å². The van der Waals surface area contributed by atoms with Crippen molar-refractivity contribution in [2.24, 2.45) is 17.8 Å². The number of hydrogen-bond acceptors (Lipinski definition) is 7. The summed E-state index contributed by atoms with van der Waals surface area (Å²) >= 11 is 0. The minimum Gasteiger partial charge on any atom is -0.481 e. The second-order valence-corrected chi connectivity index (χ2v) is 14.0. The molecule has 4 amide bonds. The van der Waals surface area contributed by atoms with E-state index in [1.54, 1.807) is 12.3 Å². The molecule has 2 aromatic rings. The predicted octanol–water partition coefficient (Wildman–Crippen LogP) is 3.83. The highest BCUT2D eigenvalue weighted by molar-refractivity contribution is 5.92. The van der Waals surface area contributed by atoms with E-state index in [1.165, 1.54) is 0 Å². The van der Waals surface area contributed by atoms with Crippen LogP contribution in [0.2, 0.25) is 0 Å². The Labute approximate surface area is 295 Å². The molecule has 1 fully saturated rings. The first kappa shape index (κ1) is 40.1. The summed E-state index contributed by atoms with van der Waals surface area (Å²) in [4.78, 5) is 68.6. The molecule has 0 radical (unpaired) electrons. The van der Waals surface area contributed by atoms with Crippen LogP contribution in [0.25, 0.3) is 0 Å². The van der Waals surface area contributed by atoms with E-state index in [0.717, 1.165) is 18.4 Å². The van der Waals surface area contributed by atoms with Crippen LogP contribution in [0.5, 0.6) is 0 Å². The van der Waals surface area contributed by atoms with Gasteiger partial charge in [-0.05, 0) is 61.1 Å². The van der Waals surface area contributed by atoms with E-state index in [4.69, 9.17) is 5.11 Å². The third-order valence-corrected chi connectivity index (χ3v) is 9.08. The van der Waals surface area contributed by atoms with Crippen LogP contribution >= 0.6 is 0 Å². The molecular formula is C38H55N5O7. The van der Waals surface area contributed by atoms with Gasteiger partial charge in [-0.2, -0.15) is 0 Å². The lowest BCUT2D eigenvalue weighted by atomic mass is 9.95. The third kappa shape index (κ3) is 14.3. The second-order valence-electron chi connectivity index (χ2n) is 14.0. The molecule has 0 saturated heterocycles. The SMILES string of the molecule is CCC(C)[C@H](NC(=O)CCCC(=O)O)C(=O)NC(CC1CC1)C(=O)N[C@@H](CC(C)C)[C@@H](O)CC(=O)N[C@H](Cc1ccccc1)c1ccccn1. The minimum absolute atomic E-state index is 0.0320. The van der Waals surface area contributed by atoms with Crippen LogP contribution in [-0.4, -0.2) is 69.0 Å². The Bertz CT molecular complexity index is 1390. The normalized spacial score (nSPS) is 16.3. The van der Waals surface area contributed by atoms with Gasteiger partial charge in [0, 0.05) is 19.0 Å². The summed E-state index contributed by atoms with van der Waals surface area (Å²) in [5.74, 6) is -2.65. The van der Waals surface area contributed by atoms with Gasteiger partial charge in [-0.25, -0.2) is 0 Å². The Kier molecular flexibility index (Phi) is 16.3. The number of aliphatic carboxylic acids is 1. The lowest BCUT2D eigenvalue weighted by Gasteiger charge is -2.30. The molecule has 1 heterocycles. The minimum atomic E-state index is -1.20. The van der Waals surface area contributed by atoms with Gasteiger partial charge in [0.15, 0.2) is 0 Å². The molecule has 1 aromatic carbocycles. The van der Waals surface area contributed by atoms with E-state index in [0.29, 0.717) is 31.4 Å². The van der Waals surface area contributed by atoms with E-state index < -0.39 is 54.0 Å². The number of aliphatic hydroxyl groups excluding tert-OH is 1. The number of aromatic nitrogens is 1. The molecule has 0 spiro atoms. The highest BCUT2D eigenvalue weighted by Crippen LogP contribution is 2.33. The summed E-state index contributed by atoms with van der Waals surface area (Å²) in [6.07, 6.45) is 3.97. The molecule has 50 heavy (non-hydrogen) atoms. The van der Waals surface area contributed by atoms with Crippen molar-refractivity contribution in [2.75, 3.05) is 0 Å². The average molecular weight is 694 g/mol. The molecule has 12 nitrogen and oxygen atoms in total. The maximum Gasteiger partial charge on any atom is 0.303 e. The Balaban J connectivity index is 1.69. The standard InChI is InChI=1S/C38H55N5O7/c1-5-25(4)36(43-33(45)15-11-16-35(47)48)38(50)42-31(22-27-17-18-27)37(49)41-30(20-24(2)3)32(44)23-34(46)40-29(28-14-9-10-19-39-28)21-26-12-7-6-8-13-26/h6-10,12-14,19,24-25,27,29-32,36,44H,5,11,15-18,20-23H2,1-4H3,(H,40,46)(H,41,49)(H,42,50)(H,43,45)(H,47,48)/t25?,29-,30+,31?,32+,36+/m1/s1. The second kappa shape index (κ2) is 20.4. The van der Waals surface area contributed by atoms with Crippen molar-refractivity contribution in [1.82, 2.24) is 26.3 Å². The molecule has 2 unspecified atom stereocenters. The Hall–Kier alpha value is -4.32. The smallest absolute Gasteiger partial charge is 0.303 e. The van der Waals surface area contributed by atoms with Gasteiger partial charge in [0.05, 0.1) is 30.3 Å². The Morgan fingerprint density at radius 1 is 0.860 bits per heavy atom. The van der Waals surface area contributed by atoms with Crippen molar-refractivity contribution in [3.8, 4) is 0 Å². The van der Waals surface area contributed by atoms with Gasteiger partial charge in [-0.15, -0.1) is 0 Å². The summed E-state index contributed by atoms with van der Waals surface area (Å²) in [6, 6.07) is 12.3. The number of carboxylic acid groups (broad SMARTS) is 1. The lowest BCUT2D eigenvalue weighted by molar-refractivity contribution is -0.137. The van der Waals surface area contributed by atoms with E-state index in [1.807, 2.05) is 70.2 Å². The maximum atomic E-state index is 13.8. The molecule has 274 valence electrons. The number of rotatable bonds is 22. The fraction of sp³-hybridized carbons (Fsp3) is 0.579. The molecule has 12 heteroatoms. The number of nitrogens with zero attached hydrogens (tertiary/aromatic N) is 1. The first-order valence-corrected chi connectivity index (χ1v) is 17.9. The fourth-order valence-electron chi connectivity index (χ4n) is 5.88. The highest BCUT2D eigenvalue weighted by atomic mass is 16.4. The van der Waals surface area contributed by atoms with Crippen molar-refractivity contribution >= 4 is 29.6 Å². The molecule has 1 saturated carbocycles. The van der Waals surface area contributed by atoms with Crippen molar-refractivity contribution < 1.29 is 34.2 Å². The third-order valence-electron chi connectivity index (χ3n) is 9.08. The molecule has 6 atom stereocenters. The average Bonchev–Trinajstić information content (AvgIpc) is 3.90. The molecule has 3 rings (SSSR count). The number of nitrogens with one attached hydrogen (secondary N) is 4. The number of aliphatic hydroxyl groups is 1. The zero-order chi connectivity index (χ0) is 36.6. The maximum absolute atomic E-state index is 13.8. The van der Waals surface area contributed by atoms with Crippen LogP contribution in [0.1, 0.15) is 103 Å². The largest absolute Gasteiger partial charge is 0.481 e. The van der Waals surface area contributed by atoms with Gasteiger partial charge in [-0.3, -0.25) is 29.0 Å². The molecule has 0 bridgehead atoms. The number of carbonyl (C=O) groups excluding carboxylic acids is 4. The van der Waals surface area contributed by atoms with Gasteiger partial charge >= 0.3 is 5.97 Å². The van der Waals surface area contributed by atoms with Crippen LogP contribution in [0.3, 0.4) is 0 Å². The molecule has 1 aliphatic rings. The van der Waals surface area contributed by atoms with Crippen LogP contribution in [-0.2, 0) is 30.4 Å². The van der Waals surface area contributed by atoms with Gasteiger partial charge in [0.1, 0.15) is 12.1 Å². The molecule has 1 aromatic heterocycles. The monoisotopic (exact) mass is 693 g/mol. The number of carbonyl (C=O) groups is 5. The number of carboxylic acids is 1. The Morgan fingerprint density at radius 3 is 2.16 bits per heavy atom.